The lowest BCUT2D eigenvalue weighted by molar-refractivity contribution is -0.131. The molecular weight excluding hydrogens is 341 g/mol. The van der Waals surface area contributed by atoms with Gasteiger partial charge in [0.15, 0.2) is 0 Å². The standard InChI is InChI=1S/C22H30FN3O/c1-6-13-25(15-19-9-7-8-10-21(19)23)22(27)12-11-20-17(4)24-26(18(20)5)14-16(2)3/h6-10,16H,1,11-15H2,2-5H3. The molecule has 0 atom stereocenters. The lowest BCUT2D eigenvalue weighted by Gasteiger charge is -2.21. The van der Waals surface area contributed by atoms with Gasteiger partial charge in [-0.05, 0) is 37.8 Å². The molecule has 0 saturated carbocycles. The number of hydrogen-bond donors (Lipinski definition) is 0. The maximum atomic E-state index is 13.9. The Bertz CT molecular complexity index is 795. The van der Waals surface area contributed by atoms with Gasteiger partial charge in [-0.15, -0.1) is 6.58 Å². The summed E-state index contributed by atoms with van der Waals surface area (Å²) in [5.41, 5.74) is 3.75. The Labute approximate surface area is 161 Å². The molecule has 27 heavy (non-hydrogen) atoms. The fourth-order valence-electron chi connectivity index (χ4n) is 3.25. The van der Waals surface area contributed by atoms with Crippen LogP contribution in [0, 0.1) is 25.6 Å². The maximum Gasteiger partial charge on any atom is 0.223 e. The number of amides is 1. The number of benzene rings is 1. The second-order valence-electron chi connectivity index (χ2n) is 7.38. The predicted molar refractivity (Wildman–Crippen MR) is 107 cm³/mol. The van der Waals surface area contributed by atoms with Gasteiger partial charge in [0.2, 0.25) is 5.91 Å². The Morgan fingerprint density at radius 3 is 2.67 bits per heavy atom. The van der Waals surface area contributed by atoms with Crippen LogP contribution in [-0.2, 0) is 24.3 Å². The first-order valence-corrected chi connectivity index (χ1v) is 9.48. The normalized spacial score (nSPS) is 11.0. The highest BCUT2D eigenvalue weighted by Crippen LogP contribution is 2.18. The number of hydrogen-bond acceptors (Lipinski definition) is 2. The van der Waals surface area contributed by atoms with Crippen molar-refractivity contribution in [1.82, 2.24) is 14.7 Å². The molecule has 1 heterocycles. The minimum atomic E-state index is -0.291. The molecule has 4 nitrogen and oxygen atoms in total. The van der Waals surface area contributed by atoms with E-state index in [-0.39, 0.29) is 18.3 Å². The van der Waals surface area contributed by atoms with Crippen molar-refractivity contribution >= 4 is 5.91 Å². The van der Waals surface area contributed by atoms with Crippen molar-refractivity contribution in [2.24, 2.45) is 5.92 Å². The minimum absolute atomic E-state index is 0.00596. The molecule has 0 aliphatic carbocycles. The van der Waals surface area contributed by atoms with Crippen LogP contribution in [-0.4, -0.2) is 27.1 Å². The Morgan fingerprint density at radius 1 is 1.33 bits per heavy atom. The molecule has 5 heteroatoms. The van der Waals surface area contributed by atoms with Gasteiger partial charge in [-0.3, -0.25) is 9.48 Å². The molecule has 0 saturated heterocycles. The summed E-state index contributed by atoms with van der Waals surface area (Å²) in [6.07, 6.45) is 2.69. The maximum absolute atomic E-state index is 13.9. The second kappa shape index (κ2) is 9.49. The SMILES string of the molecule is C=CCN(Cc1ccccc1F)C(=O)CCc1c(C)nn(CC(C)C)c1C. The molecule has 1 aromatic carbocycles. The van der Waals surface area contributed by atoms with E-state index in [4.69, 9.17) is 0 Å². The lowest BCUT2D eigenvalue weighted by atomic mass is 10.1. The summed E-state index contributed by atoms with van der Waals surface area (Å²) >= 11 is 0. The number of halogens is 1. The van der Waals surface area contributed by atoms with E-state index < -0.39 is 0 Å². The van der Waals surface area contributed by atoms with Crippen molar-refractivity contribution in [2.45, 2.75) is 53.6 Å². The van der Waals surface area contributed by atoms with E-state index in [1.54, 1.807) is 29.2 Å². The summed E-state index contributed by atoms with van der Waals surface area (Å²) in [5.74, 6) is 0.218. The first kappa shape index (κ1) is 20.9. The van der Waals surface area contributed by atoms with Crippen LogP contribution in [0.25, 0.3) is 0 Å². The monoisotopic (exact) mass is 371 g/mol. The van der Waals surface area contributed by atoms with Gasteiger partial charge in [0.25, 0.3) is 0 Å². The summed E-state index contributed by atoms with van der Waals surface area (Å²) in [6.45, 7) is 13.6. The zero-order chi connectivity index (χ0) is 20.0. The second-order valence-corrected chi connectivity index (χ2v) is 7.38. The fourth-order valence-corrected chi connectivity index (χ4v) is 3.25. The molecule has 0 bridgehead atoms. The van der Waals surface area contributed by atoms with Crippen molar-refractivity contribution < 1.29 is 9.18 Å². The molecule has 0 aliphatic heterocycles. The summed E-state index contributed by atoms with van der Waals surface area (Å²) in [4.78, 5) is 14.4. The first-order valence-electron chi connectivity index (χ1n) is 9.48. The van der Waals surface area contributed by atoms with Gasteiger partial charge in [0.05, 0.1) is 5.69 Å². The third-order valence-electron chi connectivity index (χ3n) is 4.68. The van der Waals surface area contributed by atoms with E-state index in [0.717, 1.165) is 23.5 Å². The molecule has 1 amide bonds. The van der Waals surface area contributed by atoms with Gasteiger partial charge in [-0.2, -0.15) is 5.10 Å². The average Bonchev–Trinajstić information content (AvgIpc) is 2.87. The Kier molecular flexibility index (Phi) is 7.34. The third-order valence-corrected chi connectivity index (χ3v) is 4.68. The van der Waals surface area contributed by atoms with Crippen LogP contribution in [0.3, 0.4) is 0 Å². The zero-order valence-corrected chi connectivity index (χ0v) is 16.8. The van der Waals surface area contributed by atoms with Crippen LogP contribution >= 0.6 is 0 Å². The van der Waals surface area contributed by atoms with Crippen LogP contribution < -0.4 is 0 Å². The van der Waals surface area contributed by atoms with E-state index in [1.165, 1.54) is 6.07 Å². The topological polar surface area (TPSA) is 38.1 Å². The first-order chi connectivity index (χ1) is 12.8. The third kappa shape index (κ3) is 5.52. The smallest absolute Gasteiger partial charge is 0.223 e. The van der Waals surface area contributed by atoms with Crippen LogP contribution in [0.2, 0.25) is 0 Å². The number of carbonyl (C=O) groups excluding carboxylic acids is 1. The average molecular weight is 372 g/mol. The van der Waals surface area contributed by atoms with Gasteiger partial charge >= 0.3 is 0 Å². The molecule has 2 rings (SSSR count). The summed E-state index contributed by atoms with van der Waals surface area (Å²) in [5, 5.41) is 4.61. The molecule has 146 valence electrons. The Balaban J connectivity index is 2.07. The minimum Gasteiger partial charge on any atom is -0.335 e. The van der Waals surface area contributed by atoms with E-state index in [9.17, 15) is 9.18 Å². The van der Waals surface area contributed by atoms with Gasteiger partial charge in [-0.25, -0.2) is 4.39 Å². The molecule has 0 N–H and O–H groups in total. The number of aromatic nitrogens is 2. The van der Waals surface area contributed by atoms with Crippen LogP contribution in [0.1, 0.15) is 42.8 Å². The molecule has 0 spiro atoms. The highest BCUT2D eigenvalue weighted by Gasteiger charge is 2.18. The summed E-state index contributed by atoms with van der Waals surface area (Å²) in [6, 6.07) is 6.56. The van der Waals surface area contributed by atoms with Crippen molar-refractivity contribution in [3.8, 4) is 0 Å². The molecular formula is C22H30FN3O. The van der Waals surface area contributed by atoms with Gasteiger partial charge < -0.3 is 4.90 Å². The van der Waals surface area contributed by atoms with Crippen molar-refractivity contribution in [1.29, 1.82) is 0 Å². The summed E-state index contributed by atoms with van der Waals surface area (Å²) in [7, 11) is 0. The number of nitrogens with zero attached hydrogens (tertiary/aromatic N) is 3. The number of aryl methyl sites for hydroxylation is 1. The van der Waals surface area contributed by atoms with Gasteiger partial charge in [0.1, 0.15) is 5.82 Å². The van der Waals surface area contributed by atoms with Crippen LogP contribution in [0.4, 0.5) is 4.39 Å². The zero-order valence-electron chi connectivity index (χ0n) is 16.8. The largest absolute Gasteiger partial charge is 0.335 e. The van der Waals surface area contributed by atoms with E-state index in [2.05, 4.69) is 32.4 Å². The van der Waals surface area contributed by atoms with E-state index in [1.807, 2.05) is 11.6 Å². The molecule has 0 fully saturated rings. The van der Waals surface area contributed by atoms with Crippen molar-refractivity contribution in [3.63, 3.8) is 0 Å². The van der Waals surface area contributed by atoms with Crippen molar-refractivity contribution in [2.75, 3.05) is 6.54 Å². The number of carbonyl (C=O) groups is 1. The van der Waals surface area contributed by atoms with E-state index in [0.29, 0.717) is 30.9 Å². The molecule has 2 aromatic rings. The Morgan fingerprint density at radius 2 is 2.04 bits per heavy atom. The van der Waals surface area contributed by atoms with E-state index >= 15 is 0 Å². The van der Waals surface area contributed by atoms with Crippen molar-refractivity contribution in [3.05, 3.63) is 65.3 Å². The van der Waals surface area contributed by atoms with Crippen LogP contribution in [0.15, 0.2) is 36.9 Å². The predicted octanol–water partition coefficient (Wildman–Crippen LogP) is 4.44. The highest BCUT2D eigenvalue weighted by molar-refractivity contribution is 5.76. The summed E-state index contributed by atoms with van der Waals surface area (Å²) < 4.78 is 16.0. The lowest BCUT2D eigenvalue weighted by Crippen LogP contribution is -2.31. The highest BCUT2D eigenvalue weighted by atomic mass is 19.1. The molecule has 0 radical (unpaired) electrons. The Hall–Kier alpha value is -2.43. The van der Waals surface area contributed by atoms with Crippen LogP contribution in [0.5, 0.6) is 0 Å². The van der Waals surface area contributed by atoms with Gasteiger partial charge in [0, 0.05) is 37.3 Å². The molecule has 0 aliphatic rings. The molecule has 0 unspecified atom stereocenters. The fraction of sp³-hybridized carbons (Fsp3) is 0.455. The number of rotatable bonds is 9. The quantitative estimate of drug-likeness (QED) is 0.611. The van der Waals surface area contributed by atoms with Gasteiger partial charge in [-0.1, -0.05) is 38.1 Å². The molecule has 1 aromatic heterocycles.